The van der Waals surface area contributed by atoms with Crippen LogP contribution in [0.3, 0.4) is 0 Å². The summed E-state index contributed by atoms with van der Waals surface area (Å²) >= 11 is 0. The van der Waals surface area contributed by atoms with E-state index in [-0.39, 0.29) is 5.71 Å². The van der Waals surface area contributed by atoms with E-state index in [4.69, 9.17) is 5.21 Å². The van der Waals surface area contributed by atoms with Gasteiger partial charge in [-0.2, -0.15) is 0 Å². The number of aryl methyl sites for hydroxylation is 1. The van der Waals surface area contributed by atoms with Crippen LogP contribution in [-0.2, 0) is 0 Å². The zero-order chi connectivity index (χ0) is 10.6. The second kappa shape index (κ2) is 4.36. The topological polar surface area (TPSA) is 75.7 Å². The van der Waals surface area contributed by atoms with E-state index in [9.17, 15) is 10.1 Å². The van der Waals surface area contributed by atoms with E-state index in [1.54, 1.807) is 24.3 Å². The number of rotatable bonds is 3. The van der Waals surface area contributed by atoms with E-state index in [0.717, 1.165) is 5.56 Å². The highest BCUT2D eigenvalue weighted by Crippen LogP contribution is 2.04. The first kappa shape index (κ1) is 10.2. The van der Waals surface area contributed by atoms with Gasteiger partial charge in [0.2, 0.25) is 6.54 Å². The van der Waals surface area contributed by atoms with Crippen molar-refractivity contribution in [1.29, 1.82) is 0 Å². The Morgan fingerprint density at radius 1 is 1.50 bits per heavy atom. The molecule has 0 atom stereocenters. The van der Waals surface area contributed by atoms with E-state index in [2.05, 4.69) is 5.16 Å². The molecule has 5 heteroatoms. The Morgan fingerprint density at radius 2 is 2.07 bits per heavy atom. The molecule has 0 aliphatic carbocycles. The summed E-state index contributed by atoms with van der Waals surface area (Å²) in [6, 6.07) is 6.99. The van der Waals surface area contributed by atoms with Crippen molar-refractivity contribution in [3.63, 3.8) is 0 Å². The molecule has 14 heavy (non-hydrogen) atoms. The molecule has 0 radical (unpaired) electrons. The van der Waals surface area contributed by atoms with E-state index in [1.165, 1.54) is 0 Å². The Bertz CT molecular complexity index is 357. The molecule has 1 rings (SSSR count). The molecule has 1 N–H and O–H groups in total. The lowest BCUT2D eigenvalue weighted by molar-refractivity contribution is -0.463. The third-order valence-electron chi connectivity index (χ3n) is 1.78. The Morgan fingerprint density at radius 3 is 2.50 bits per heavy atom. The van der Waals surface area contributed by atoms with Gasteiger partial charge < -0.3 is 5.21 Å². The molecule has 0 aliphatic rings. The average molecular weight is 194 g/mol. The molecule has 0 aromatic heterocycles. The number of hydrogen-bond donors (Lipinski definition) is 1. The summed E-state index contributed by atoms with van der Waals surface area (Å²) in [6.45, 7) is 1.44. The summed E-state index contributed by atoms with van der Waals surface area (Å²) in [5, 5.41) is 21.7. The molecule has 5 nitrogen and oxygen atoms in total. The molecule has 0 aliphatic heterocycles. The molecule has 0 bridgehead atoms. The zero-order valence-corrected chi connectivity index (χ0v) is 7.67. The maximum absolute atomic E-state index is 10.2. The van der Waals surface area contributed by atoms with E-state index in [0.29, 0.717) is 5.56 Å². The molecular weight excluding hydrogens is 184 g/mol. The summed E-state index contributed by atoms with van der Waals surface area (Å²) in [5.74, 6) is 0. The van der Waals surface area contributed by atoms with E-state index in [1.807, 2.05) is 6.92 Å². The Labute approximate surface area is 80.8 Å². The molecule has 0 heterocycles. The van der Waals surface area contributed by atoms with Crippen molar-refractivity contribution >= 4 is 5.71 Å². The van der Waals surface area contributed by atoms with Gasteiger partial charge in [0.25, 0.3) is 0 Å². The maximum Gasteiger partial charge on any atom is 0.249 e. The van der Waals surface area contributed by atoms with Crippen LogP contribution in [0.2, 0.25) is 0 Å². The first-order valence-electron chi connectivity index (χ1n) is 4.03. The van der Waals surface area contributed by atoms with E-state index >= 15 is 0 Å². The summed E-state index contributed by atoms with van der Waals surface area (Å²) in [4.78, 5) is 9.69. The monoisotopic (exact) mass is 194 g/mol. The lowest BCUT2D eigenvalue weighted by Gasteiger charge is -2.00. The van der Waals surface area contributed by atoms with Crippen LogP contribution in [0.5, 0.6) is 0 Å². The predicted molar refractivity (Wildman–Crippen MR) is 51.4 cm³/mol. The van der Waals surface area contributed by atoms with Crippen LogP contribution in [0, 0.1) is 17.0 Å². The Kier molecular flexibility index (Phi) is 3.17. The highest BCUT2D eigenvalue weighted by atomic mass is 16.6. The van der Waals surface area contributed by atoms with Crippen LogP contribution in [-0.4, -0.2) is 22.4 Å². The first-order chi connectivity index (χ1) is 6.63. The minimum atomic E-state index is -0.533. The van der Waals surface area contributed by atoms with E-state index < -0.39 is 11.5 Å². The normalized spacial score (nSPS) is 11.4. The highest BCUT2D eigenvalue weighted by molar-refractivity contribution is 6.01. The SMILES string of the molecule is Cc1ccc(/C(C[N+](=O)[O-])=N/O)cc1. The molecule has 74 valence electrons. The third-order valence-corrected chi connectivity index (χ3v) is 1.78. The smallest absolute Gasteiger partial charge is 0.249 e. The van der Waals surface area contributed by atoms with Gasteiger partial charge in [-0.1, -0.05) is 35.0 Å². The largest absolute Gasteiger partial charge is 0.410 e. The molecule has 0 saturated heterocycles. The van der Waals surface area contributed by atoms with Crippen LogP contribution in [0.1, 0.15) is 11.1 Å². The molecular formula is C9H10N2O3. The first-order valence-corrected chi connectivity index (χ1v) is 4.03. The number of benzene rings is 1. The van der Waals surface area contributed by atoms with Crippen LogP contribution in [0.25, 0.3) is 0 Å². The number of hydrogen-bond acceptors (Lipinski definition) is 4. The quantitative estimate of drug-likeness (QED) is 0.342. The maximum atomic E-state index is 10.2. The lowest BCUT2D eigenvalue weighted by Crippen LogP contribution is -2.15. The zero-order valence-electron chi connectivity index (χ0n) is 7.67. The molecule has 0 fully saturated rings. The van der Waals surface area contributed by atoms with Crippen LogP contribution < -0.4 is 0 Å². The molecule has 0 unspecified atom stereocenters. The average Bonchev–Trinajstić information content (AvgIpc) is 2.15. The lowest BCUT2D eigenvalue weighted by atomic mass is 10.1. The standard InChI is InChI=1S/C9H10N2O3/c1-7-2-4-8(5-3-7)9(10-12)6-11(13)14/h2-5,12H,6H2,1H3/b10-9+. The fourth-order valence-electron chi connectivity index (χ4n) is 1.05. The second-order valence-corrected chi connectivity index (χ2v) is 2.90. The Hall–Kier alpha value is -1.91. The van der Waals surface area contributed by atoms with Crippen molar-refractivity contribution in [3.8, 4) is 0 Å². The van der Waals surface area contributed by atoms with Gasteiger partial charge in [0.05, 0.1) is 0 Å². The van der Waals surface area contributed by atoms with Crippen molar-refractivity contribution in [2.45, 2.75) is 6.92 Å². The van der Waals surface area contributed by atoms with Crippen LogP contribution >= 0.6 is 0 Å². The van der Waals surface area contributed by atoms with Crippen molar-refractivity contribution in [1.82, 2.24) is 0 Å². The number of nitrogens with zero attached hydrogens (tertiary/aromatic N) is 2. The molecule has 1 aromatic carbocycles. The van der Waals surface area contributed by atoms with Crippen LogP contribution in [0.4, 0.5) is 0 Å². The Balaban J connectivity index is 2.91. The number of oxime groups is 1. The van der Waals surface area contributed by atoms with Crippen LogP contribution in [0.15, 0.2) is 29.4 Å². The third kappa shape index (κ3) is 2.55. The van der Waals surface area contributed by atoms with Crippen molar-refractivity contribution in [3.05, 3.63) is 45.5 Å². The summed E-state index contributed by atoms with van der Waals surface area (Å²) in [6.07, 6.45) is 0. The summed E-state index contributed by atoms with van der Waals surface area (Å²) in [5.41, 5.74) is 1.68. The summed E-state index contributed by atoms with van der Waals surface area (Å²) < 4.78 is 0. The van der Waals surface area contributed by atoms with Gasteiger partial charge in [-0.25, -0.2) is 0 Å². The van der Waals surface area contributed by atoms with Crippen molar-refractivity contribution in [2.75, 3.05) is 6.54 Å². The summed E-state index contributed by atoms with van der Waals surface area (Å²) in [7, 11) is 0. The minimum absolute atomic E-state index is 0.0648. The van der Waals surface area contributed by atoms with Gasteiger partial charge >= 0.3 is 0 Å². The second-order valence-electron chi connectivity index (χ2n) is 2.90. The van der Waals surface area contributed by atoms with Gasteiger partial charge in [-0.15, -0.1) is 0 Å². The van der Waals surface area contributed by atoms with Gasteiger partial charge in [0.15, 0.2) is 5.71 Å². The molecule has 1 aromatic rings. The van der Waals surface area contributed by atoms with Gasteiger partial charge in [-0.05, 0) is 6.92 Å². The predicted octanol–water partition coefficient (Wildman–Crippen LogP) is 1.45. The molecule has 0 saturated carbocycles. The number of nitro groups is 1. The fourth-order valence-corrected chi connectivity index (χ4v) is 1.05. The molecule has 0 spiro atoms. The molecule has 0 amide bonds. The van der Waals surface area contributed by atoms with Gasteiger partial charge in [0, 0.05) is 10.5 Å². The van der Waals surface area contributed by atoms with Gasteiger partial charge in [0.1, 0.15) is 0 Å². The fraction of sp³-hybridized carbons (Fsp3) is 0.222. The highest BCUT2D eigenvalue weighted by Gasteiger charge is 2.10. The minimum Gasteiger partial charge on any atom is -0.410 e. The van der Waals surface area contributed by atoms with Gasteiger partial charge in [-0.3, -0.25) is 10.1 Å². The van der Waals surface area contributed by atoms with Crippen molar-refractivity contribution < 1.29 is 10.1 Å². The van der Waals surface area contributed by atoms with Crippen molar-refractivity contribution in [2.24, 2.45) is 5.16 Å².